The SMILES string of the molecule is CCn1nc2ccc(CN)cc2c1C. The van der Waals surface area contributed by atoms with Crippen LogP contribution in [0.5, 0.6) is 0 Å². The number of hydrogen-bond acceptors (Lipinski definition) is 2. The summed E-state index contributed by atoms with van der Waals surface area (Å²) in [6, 6.07) is 6.20. The van der Waals surface area contributed by atoms with E-state index in [4.69, 9.17) is 5.73 Å². The number of rotatable bonds is 2. The molecule has 1 aromatic carbocycles. The Morgan fingerprint density at radius 2 is 2.21 bits per heavy atom. The van der Waals surface area contributed by atoms with Gasteiger partial charge >= 0.3 is 0 Å². The van der Waals surface area contributed by atoms with Crippen LogP contribution >= 0.6 is 0 Å². The maximum atomic E-state index is 5.60. The molecule has 0 bridgehead atoms. The lowest BCUT2D eigenvalue weighted by Crippen LogP contribution is -1.97. The Balaban J connectivity index is 2.68. The molecule has 0 aliphatic carbocycles. The van der Waals surface area contributed by atoms with Crippen LogP contribution in [0, 0.1) is 6.92 Å². The molecule has 2 N–H and O–H groups in total. The summed E-state index contributed by atoms with van der Waals surface area (Å²) in [5.74, 6) is 0. The van der Waals surface area contributed by atoms with Gasteiger partial charge in [-0.3, -0.25) is 4.68 Å². The Bertz CT molecular complexity index is 457. The van der Waals surface area contributed by atoms with Crippen molar-refractivity contribution in [1.29, 1.82) is 0 Å². The monoisotopic (exact) mass is 189 g/mol. The minimum absolute atomic E-state index is 0.590. The Labute approximate surface area is 83.5 Å². The van der Waals surface area contributed by atoms with Gasteiger partial charge in [0.1, 0.15) is 0 Å². The number of fused-ring (bicyclic) bond motifs is 1. The van der Waals surface area contributed by atoms with E-state index in [0.29, 0.717) is 6.54 Å². The molecule has 1 heterocycles. The number of hydrogen-bond donors (Lipinski definition) is 1. The van der Waals surface area contributed by atoms with E-state index in [1.165, 1.54) is 11.1 Å². The molecule has 3 nitrogen and oxygen atoms in total. The van der Waals surface area contributed by atoms with Gasteiger partial charge in [-0.1, -0.05) is 6.07 Å². The van der Waals surface area contributed by atoms with E-state index < -0.39 is 0 Å². The van der Waals surface area contributed by atoms with E-state index in [9.17, 15) is 0 Å². The molecule has 0 aliphatic heterocycles. The smallest absolute Gasteiger partial charge is 0.0926 e. The highest BCUT2D eigenvalue weighted by molar-refractivity contribution is 5.82. The van der Waals surface area contributed by atoms with Gasteiger partial charge in [-0.25, -0.2) is 0 Å². The number of nitrogens with zero attached hydrogens (tertiary/aromatic N) is 2. The third-order valence-corrected chi connectivity index (χ3v) is 2.60. The highest BCUT2D eigenvalue weighted by Crippen LogP contribution is 2.19. The zero-order valence-electron chi connectivity index (χ0n) is 8.62. The summed E-state index contributed by atoms with van der Waals surface area (Å²) in [5.41, 5.74) is 9.04. The third-order valence-electron chi connectivity index (χ3n) is 2.60. The fourth-order valence-electron chi connectivity index (χ4n) is 1.74. The Kier molecular flexibility index (Phi) is 2.25. The first-order chi connectivity index (χ1) is 6.76. The largest absolute Gasteiger partial charge is 0.326 e. The van der Waals surface area contributed by atoms with Gasteiger partial charge in [0.25, 0.3) is 0 Å². The lowest BCUT2D eigenvalue weighted by atomic mass is 10.1. The van der Waals surface area contributed by atoms with Gasteiger partial charge < -0.3 is 5.73 Å². The molecule has 0 unspecified atom stereocenters. The number of aromatic nitrogens is 2. The molecule has 0 spiro atoms. The van der Waals surface area contributed by atoms with Crippen LogP contribution in [0.4, 0.5) is 0 Å². The van der Waals surface area contributed by atoms with E-state index in [2.05, 4.69) is 25.0 Å². The topological polar surface area (TPSA) is 43.8 Å². The quantitative estimate of drug-likeness (QED) is 0.783. The van der Waals surface area contributed by atoms with Gasteiger partial charge in [0.2, 0.25) is 0 Å². The van der Waals surface area contributed by atoms with E-state index >= 15 is 0 Å². The number of nitrogens with two attached hydrogens (primary N) is 1. The molecular formula is C11H15N3. The molecule has 14 heavy (non-hydrogen) atoms. The molecule has 1 aromatic heterocycles. The van der Waals surface area contributed by atoms with Crippen molar-refractivity contribution in [2.24, 2.45) is 5.73 Å². The van der Waals surface area contributed by atoms with E-state index in [0.717, 1.165) is 17.6 Å². The molecule has 2 aromatic rings. The van der Waals surface area contributed by atoms with Gasteiger partial charge in [-0.15, -0.1) is 0 Å². The van der Waals surface area contributed by atoms with Crippen molar-refractivity contribution >= 4 is 10.9 Å². The van der Waals surface area contributed by atoms with Gasteiger partial charge in [0, 0.05) is 24.2 Å². The van der Waals surface area contributed by atoms with Gasteiger partial charge in [0.15, 0.2) is 0 Å². The van der Waals surface area contributed by atoms with Crippen molar-refractivity contribution < 1.29 is 0 Å². The van der Waals surface area contributed by atoms with Crippen LogP contribution in [-0.2, 0) is 13.1 Å². The van der Waals surface area contributed by atoms with Gasteiger partial charge in [-0.05, 0) is 31.5 Å². The lowest BCUT2D eigenvalue weighted by molar-refractivity contribution is 0.647. The van der Waals surface area contributed by atoms with Crippen LogP contribution in [-0.4, -0.2) is 9.78 Å². The van der Waals surface area contributed by atoms with Crippen molar-refractivity contribution in [3.8, 4) is 0 Å². The Morgan fingerprint density at radius 3 is 2.86 bits per heavy atom. The average molecular weight is 189 g/mol. The predicted molar refractivity (Wildman–Crippen MR) is 58.0 cm³/mol. The zero-order chi connectivity index (χ0) is 10.1. The summed E-state index contributed by atoms with van der Waals surface area (Å²) in [5, 5.41) is 5.70. The summed E-state index contributed by atoms with van der Waals surface area (Å²) < 4.78 is 2.02. The summed E-state index contributed by atoms with van der Waals surface area (Å²) in [7, 11) is 0. The molecule has 0 saturated carbocycles. The first kappa shape index (κ1) is 9.21. The van der Waals surface area contributed by atoms with E-state index in [1.807, 2.05) is 16.8 Å². The second kappa shape index (κ2) is 3.42. The summed E-state index contributed by atoms with van der Waals surface area (Å²) >= 11 is 0. The zero-order valence-corrected chi connectivity index (χ0v) is 8.62. The molecule has 0 aliphatic rings. The normalized spacial score (nSPS) is 11.1. The molecule has 2 rings (SSSR count). The second-order valence-electron chi connectivity index (χ2n) is 3.46. The van der Waals surface area contributed by atoms with E-state index in [-0.39, 0.29) is 0 Å². The van der Waals surface area contributed by atoms with Crippen molar-refractivity contribution in [2.75, 3.05) is 0 Å². The molecular weight excluding hydrogens is 174 g/mol. The van der Waals surface area contributed by atoms with Gasteiger partial charge in [-0.2, -0.15) is 5.10 Å². The fourth-order valence-corrected chi connectivity index (χ4v) is 1.74. The van der Waals surface area contributed by atoms with E-state index in [1.54, 1.807) is 0 Å². The molecule has 74 valence electrons. The van der Waals surface area contributed by atoms with Crippen LogP contribution in [0.15, 0.2) is 18.2 Å². The van der Waals surface area contributed by atoms with Crippen molar-refractivity contribution in [2.45, 2.75) is 26.9 Å². The van der Waals surface area contributed by atoms with Crippen LogP contribution in [0.2, 0.25) is 0 Å². The summed E-state index contributed by atoms with van der Waals surface area (Å²) in [6.07, 6.45) is 0. The van der Waals surface area contributed by atoms with Crippen LogP contribution < -0.4 is 5.73 Å². The maximum Gasteiger partial charge on any atom is 0.0926 e. The minimum Gasteiger partial charge on any atom is -0.326 e. The van der Waals surface area contributed by atoms with Gasteiger partial charge in [0.05, 0.1) is 5.52 Å². The van der Waals surface area contributed by atoms with Crippen LogP contribution in [0.1, 0.15) is 18.2 Å². The molecule has 0 amide bonds. The molecule has 0 radical (unpaired) electrons. The predicted octanol–water partition coefficient (Wildman–Crippen LogP) is 1.82. The molecule has 3 heteroatoms. The van der Waals surface area contributed by atoms with Crippen molar-refractivity contribution in [3.05, 3.63) is 29.5 Å². The summed E-state index contributed by atoms with van der Waals surface area (Å²) in [6.45, 7) is 5.70. The maximum absolute atomic E-state index is 5.60. The number of aryl methyl sites for hydroxylation is 2. The Morgan fingerprint density at radius 1 is 1.43 bits per heavy atom. The fraction of sp³-hybridized carbons (Fsp3) is 0.364. The Hall–Kier alpha value is -1.35. The highest BCUT2D eigenvalue weighted by atomic mass is 15.3. The molecule has 0 fully saturated rings. The average Bonchev–Trinajstić information content (AvgIpc) is 2.55. The minimum atomic E-state index is 0.590. The van der Waals surface area contributed by atoms with Crippen molar-refractivity contribution in [3.63, 3.8) is 0 Å². The highest BCUT2D eigenvalue weighted by Gasteiger charge is 2.05. The first-order valence-corrected chi connectivity index (χ1v) is 4.92. The number of benzene rings is 1. The summed E-state index contributed by atoms with van der Waals surface area (Å²) in [4.78, 5) is 0. The standard InChI is InChI=1S/C11H15N3/c1-3-14-8(2)10-6-9(7-12)4-5-11(10)13-14/h4-6H,3,7,12H2,1-2H3. The third kappa shape index (κ3) is 1.30. The van der Waals surface area contributed by atoms with Crippen LogP contribution in [0.3, 0.4) is 0 Å². The second-order valence-corrected chi connectivity index (χ2v) is 3.46. The van der Waals surface area contributed by atoms with Crippen molar-refractivity contribution in [1.82, 2.24) is 9.78 Å². The first-order valence-electron chi connectivity index (χ1n) is 4.92. The molecule has 0 atom stereocenters. The van der Waals surface area contributed by atoms with Crippen LogP contribution in [0.25, 0.3) is 10.9 Å². The molecule has 0 saturated heterocycles. The lowest BCUT2D eigenvalue weighted by Gasteiger charge is -1.98.